The standard InChI is InChI=1S/C27H46O2/c1-17(2)7-6-8-18(3)21-9-10-22-25-23(12-14-27(21,22)5)26(4)13-11-20(28)15-19(26)16-24(25)29/h17-19,21-25,29H,6-16H2,1-5H3/t18-,19-,21-,22?,23?,24+,25?,26+,27-/m1/s1. The molecule has 4 aliphatic rings. The lowest BCUT2D eigenvalue weighted by atomic mass is 9.44. The number of rotatable bonds is 5. The SMILES string of the molecule is CC(C)CCC[C@@H](C)[C@H]1CCC2C3C(CC[C@@]21C)[C@@]1(C)CCC(=O)C[C@@H]1C[C@@H]3O. The molecule has 0 heterocycles. The van der Waals surface area contributed by atoms with E-state index < -0.39 is 0 Å². The van der Waals surface area contributed by atoms with Crippen LogP contribution in [0.25, 0.3) is 0 Å². The normalized spacial score (nSPS) is 48.2. The average Bonchev–Trinajstić information content (AvgIpc) is 3.00. The number of hydrogen-bond donors (Lipinski definition) is 1. The molecule has 0 aromatic heterocycles. The van der Waals surface area contributed by atoms with Crippen LogP contribution >= 0.6 is 0 Å². The van der Waals surface area contributed by atoms with Crippen LogP contribution in [-0.2, 0) is 4.79 Å². The van der Waals surface area contributed by atoms with Crippen LogP contribution in [0.4, 0.5) is 0 Å². The molecule has 1 N–H and O–H groups in total. The topological polar surface area (TPSA) is 37.3 Å². The van der Waals surface area contributed by atoms with Crippen molar-refractivity contribution in [2.75, 3.05) is 0 Å². The number of aliphatic hydroxyl groups excluding tert-OH is 1. The monoisotopic (exact) mass is 402 g/mol. The van der Waals surface area contributed by atoms with E-state index in [0.29, 0.717) is 40.3 Å². The van der Waals surface area contributed by atoms with Gasteiger partial charge in [0.25, 0.3) is 0 Å². The fraction of sp³-hybridized carbons (Fsp3) is 0.963. The van der Waals surface area contributed by atoms with Crippen LogP contribution in [0.3, 0.4) is 0 Å². The number of aliphatic hydroxyl groups is 1. The number of Topliss-reactive ketones (excluding diaryl/α,β-unsaturated/α-hetero) is 1. The van der Waals surface area contributed by atoms with Gasteiger partial charge >= 0.3 is 0 Å². The highest BCUT2D eigenvalue weighted by atomic mass is 16.3. The average molecular weight is 403 g/mol. The second kappa shape index (κ2) is 7.95. The highest BCUT2D eigenvalue weighted by Crippen LogP contribution is 2.68. The summed E-state index contributed by atoms with van der Waals surface area (Å²) in [6.07, 6.45) is 12.7. The molecule has 166 valence electrons. The van der Waals surface area contributed by atoms with Crippen molar-refractivity contribution < 1.29 is 9.90 Å². The van der Waals surface area contributed by atoms with E-state index in [1.165, 1.54) is 44.9 Å². The summed E-state index contributed by atoms with van der Waals surface area (Å²) >= 11 is 0. The van der Waals surface area contributed by atoms with E-state index in [2.05, 4.69) is 34.6 Å². The van der Waals surface area contributed by atoms with Crippen LogP contribution in [0.15, 0.2) is 0 Å². The molecular formula is C27H46O2. The Balaban J connectivity index is 1.51. The van der Waals surface area contributed by atoms with Gasteiger partial charge in [0.1, 0.15) is 5.78 Å². The predicted molar refractivity (Wildman–Crippen MR) is 119 cm³/mol. The summed E-state index contributed by atoms with van der Waals surface area (Å²) in [6, 6.07) is 0. The van der Waals surface area contributed by atoms with Crippen molar-refractivity contribution in [2.24, 2.45) is 52.3 Å². The molecule has 29 heavy (non-hydrogen) atoms. The van der Waals surface area contributed by atoms with E-state index in [4.69, 9.17) is 0 Å². The molecule has 4 aliphatic carbocycles. The second-order valence-corrected chi connectivity index (χ2v) is 12.6. The van der Waals surface area contributed by atoms with Crippen LogP contribution in [0.2, 0.25) is 0 Å². The zero-order chi connectivity index (χ0) is 21.0. The quantitative estimate of drug-likeness (QED) is 0.559. The van der Waals surface area contributed by atoms with Gasteiger partial charge in [-0.25, -0.2) is 0 Å². The lowest BCUT2D eigenvalue weighted by Crippen LogP contribution is -2.58. The Kier molecular flexibility index (Phi) is 5.99. The third-order valence-electron chi connectivity index (χ3n) is 10.7. The summed E-state index contributed by atoms with van der Waals surface area (Å²) < 4.78 is 0. The zero-order valence-electron chi connectivity index (χ0n) is 19.8. The first-order chi connectivity index (χ1) is 13.7. The van der Waals surface area contributed by atoms with Crippen molar-refractivity contribution in [1.82, 2.24) is 0 Å². The van der Waals surface area contributed by atoms with Gasteiger partial charge in [0, 0.05) is 12.8 Å². The van der Waals surface area contributed by atoms with Gasteiger partial charge in [-0.05, 0) is 90.8 Å². The van der Waals surface area contributed by atoms with Gasteiger partial charge in [-0.3, -0.25) is 4.79 Å². The molecule has 0 aliphatic heterocycles. The summed E-state index contributed by atoms with van der Waals surface area (Å²) in [4.78, 5) is 12.1. The van der Waals surface area contributed by atoms with Crippen LogP contribution in [0.5, 0.6) is 0 Å². The molecule has 9 atom stereocenters. The van der Waals surface area contributed by atoms with Crippen LogP contribution in [0, 0.1) is 52.3 Å². The summed E-state index contributed by atoms with van der Waals surface area (Å²) in [7, 11) is 0. The van der Waals surface area contributed by atoms with Crippen molar-refractivity contribution in [3.8, 4) is 0 Å². The second-order valence-electron chi connectivity index (χ2n) is 12.6. The van der Waals surface area contributed by atoms with Gasteiger partial charge in [0.05, 0.1) is 6.10 Å². The van der Waals surface area contributed by atoms with E-state index in [9.17, 15) is 9.90 Å². The molecule has 0 amide bonds. The molecule has 2 heteroatoms. The third kappa shape index (κ3) is 3.64. The highest BCUT2D eigenvalue weighted by Gasteiger charge is 2.62. The molecule has 4 saturated carbocycles. The minimum Gasteiger partial charge on any atom is -0.393 e. The third-order valence-corrected chi connectivity index (χ3v) is 10.7. The molecule has 4 rings (SSSR count). The van der Waals surface area contributed by atoms with Gasteiger partial charge in [0.2, 0.25) is 0 Å². The maximum atomic E-state index is 12.1. The van der Waals surface area contributed by atoms with Crippen molar-refractivity contribution in [1.29, 1.82) is 0 Å². The Labute approximate surface area is 179 Å². The van der Waals surface area contributed by atoms with Gasteiger partial charge in [-0.1, -0.05) is 53.9 Å². The van der Waals surface area contributed by atoms with Crippen LogP contribution in [0.1, 0.15) is 105 Å². The molecule has 0 bridgehead atoms. The molecular weight excluding hydrogens is 356 g/mol. The molecule has 0 aromatic rings. The number of fused-ring (bicyclic) bond motifs is 5. The highest BCUT2D eigenvalue weighted by molar-refractivity contribution is 5.79. The van der Waals surface area contributed by atoms with E-state index in [1.807, 2.05) is 0 Å². The van der Waals surface area contributed by atoms with Gasteiger partial charge in [0.15, 0.2) is 0 Å². The maximum Gasteiger partial charge on any atom is 0.133 e. The molecule has 0 aromatic carbocycles. The summed E-state index contributed by atoms with van der Waals surface area (Å²) in [5.41, 5.74) is 0.715. The Bertz CT molecular complexity index is 612. The van der Waals surface area contributed by atoms with Crippen LogP contribution in [-0.4, -0.2) is 17.0 Å². The van der Waals surface area contributed by atoms with E-state index in [-0.39, 0.29) is 6.10 Å². The number of carbonyl (C=O) groups excluding carboxylic acids is 1. The molecule has 3 unspecified atom stereocenters. The number of hydrogen-bond acceptors (Lipinski definition) is 2. The van der Waals surface area contributed by atoms with Crippen molar-refractivity contribution in [3.63, 3.8) is 0 Å². The molecule has 0 spiro atoms. The first-order valence-electron chi connectivity index (χ1n) is 12.9. The van der Waals surface area contributed by atoms with E-state index >= 15 is 0 Å². The Hall–Kier alpha value is -0.370. The summed E-state index contributed by atoms with van der Waals surface area (Å²) in [5.74, 6) is 5.16. The zero-order valence-corrected chi connectivity index (χ0v) is 19.8. The maximum absolute atomic E-state index is 12.1. The van der Waals surface area contributed by atoms with Gasteiger partial charge < -0.3 is 5.11 Å². The molecule has 0 radical (unpaired) electrons. The summed E-state index contributed by atoms with van der Waals surface area (Å²) in [6.45, 7) is 12.3. The molecule has 2 nitrogen and oxygen atoms in total. The van der Waals surface area contributed by atoms with Crippen molar-refractivity contribution in [3.05, 3.63) is 0 Å². The lowest BCUT2D eigenvalue weighted by Gasteiger charge is -2.62. The van der Waals surface area contributed by atoms with E-state index in [1.54, 1.807) is 0 Å². The Morgan fingerprint density at radius 1 is 1.00 bits per heavy atom. The minimum absolute atomic E-state index is 0.177. The lowest BCUT2D eigenvalue weighted by molar-refractivity contribution is -0.168. The van der Waals surface area contributed by atoms with Gasteiger partial charge in [-0.15, -0.1) is 0 Å². The fourth-order valence-electron chi connectivity index (χ4n) is 9.04. The molecule has 4 fully saturated rings. The van der Waals surface area contributed by atoms with Crippen molar-refractivity contribution >= 4 is 5.78 Å². The summed E-state index contributed by atoms with van der Waals surface area (Å²) in [5, 5.41) is 11.3. The largest absolute Gasteiger partial charge is 0.393 e. The minimum atomic E-state index is -0.177. The Morgan fingerprint density at radius 3 is 2.45 bits per heavy atom. The van der Waals surface area contributed by atoms with E-state index in [0.717, 1.165) is 43.4 Å². The van der Waals surface area contributed by atoms with Crippen molar-refractivity contribution in [2.45, 2.75) is 111 Å². The van der Waals surface area contributed by atoms with Crippen LogP contribution < -0.4 is 0 Å². The fourth-order valence-corrected chi connectivity index (χ4v) is 9.04. The number of ketones is 1. The Morgan fingerprint density at radius 2 is 1.72 bits per heavy atom. The number of carbonyl (C=O) groups is 1. The smallest absolute Gasteiger partial charge is 0.133 e. The molecule has 0 saturated heterocycles. The first-order valence-corrected chi connectivity index (χ1v) is 12.9. The first kappa shape index (κ1) is 21.8. The predicted octanol–water partition coefficient (Wildman–Crippen LogP) is 6.65. The van der Waals surface area contributed by atoms with Gasteiger partial charge in [-0.2, -0.15) is 0 Å².